The van der Waals surface area contributed by atoms with Gasteiger partial charge in [0.2, 0.25) is 5.91 Å². The molecular weight excluding hydrogens is 178 g/mol. The first kappa shape index (κ1) is 11.5. The Balaban J connectivity index is 2.84. The number of carbonyl (C=O) groups excluding carboxylic acids is 1. The lowest BCUT2D eigenvalue weighted by Gasteiger charge is -2.48. The molecule has 1 amide bonds. The van der Waals surface area contributed by atoms with Crippen LogP contribution < -0.4 is 5.73 Å². The lowest BCUT2D eigenvalue weighted by atomic mass is 9.94. The minimum absolute atomic E-state index is 0.0441. The predicted molar refractivity (Wildman–Crippen MR) is 56.9 cm³/mol. The molecule has 4 heteroatoms. The van der Waals surface area contributed by atoms with Gasteiger partial charge in [0.05, 0.1) is 6.04 Å². The molecule has 1 rings (SSSR count). The van der Waals surface area contributed by atoms with Crippen LogP contribution in [0.1, 0.15) is 20.3 Å². The monoisotopic (exact) mass is 199 g/mol. The van der Waals surface area contributed by atoms with Crippen molar-refractivity contribution < 1.29 is 4.79 Å². The zero-order valence-electron chi connectivity index (χ0n) is 9.58. The highest BCUT2D eigenvalue weighted by Gasteiger charge is 2.40. The Morgan fingerprint density at radius 2 is 2.07 bits per heavy atom. The van der Waals surface area contributed by atoms with E-state index in [2.05, 4.69) is 18.7 Å². The molecule has 14 heavy (non-hydrogen) atoms. The average Bonchev–Trinajstić information content (AvgIpc) is 2.09. The highest BCUT2D eigenvalue weighted by Crippen LogP contribution is 2.24. The second kappa shape index (κ2) is 3.87. The molecule has 0 radical (unpaired) electrons. The number of hydrogen-bond acceptors (Lipinski definition) is 3. The molecule has 0 bridgehead atoms. The Bertz CT molecular complexity index is 227. The van der Waals surface area contributed by atoms with E-state index in [-0.39, 0.29) is 17.5 Å². The summed E-state index contributed by atoms with van der Waals surface area (Å²) in [5, 5.41) is 0. The fourth-order valence-corrected chi connectivity index (χ4v) is 2.09. The van der Waals surface area contributed by atoms with Gasteiger partial charge in [-0.05, 0) is 33.9 Å². The van der Waals surface area contributed by atoms with E-state index in [1.54, 1.807) is 4.90 Å². The lowest BCUT2D eigenvalue weighted by Crippen LogP contribution is -2.64. The van der Waals surface area contributed by atoms with Crippen LogP contribution in [0.2, 0.25) is 0 Å². The third-order valence-corrected chi connectivity index (χ3v) is 3.15. The molecule has 82 valence electrons. The maximum Gasteiger partial charge on any atom is 0.239 e. The lowest BCUT2D eigenvalue weighted by molar-refractivity contribution is -0.146. The van der Waals surface area contributed by atoms with Crippen LogP contribution in [0.4, 0.5) is 0 Å². The van der Waals surface area contributed by atoms with Crippen LogP contribution in [0.15, 0.2) is 0 Å². The van der Waals surface area contributed by atoms with Crippen LogP contribution in [0.3, 0.4) is 0 Å². The number of nitrogens with zero attached hydrogens (tertiary/aromatic N) is 2. The molecule has 1 fully saturated rings. The molecule has 4 nitrogen and oxygen atoms in total. The molecule has 0 aromatic carbocycles. The number of nitrogens with two attached hydrogens (primary N) is 1. The van der Waals surface area contributed by atoms with Crippen molar-refractivity contribution >= 4 is 5.91 Å². The molecule has 1 aliphatic rings. The van der Waals surface area contributed by atoms with Crippen LogP contribution >= 0.6 is 0 Å². The highest BCUT2D eigenvalue weighted by atomic mass is 16.2. The van der Waals surface area contributed by atoms with Gasteiger partial charge in [0.1, 0.15) is 0 Å². The summed E-state index contributed by atoms with van der Waals surface area (Å²) in [4.78, 5) is 15.8. The van der Waals surface area contributed by atoms with Gasteiger partial charge in [0.25, 0.3) is 0 Å². The molecule has 0 aromatic heterocycles. The van der Waals surface area contributed by atoms with Crippen LogP contribution in [-0.4, -0.2) is 54.5 Å². The standard InChI is InChI=1S/C10H21N3O/c1-10(2)7-12(3)9(14)8(5-6-11)13(10)4/h8H,5-7,11H2,1-4H3. The van der Waals surface area contributed by atoms with Crippen molar-refractivity contribution in [3.8, 4) is 0 Å². The molecule has 2 N–H and O–H groups in total. The van der Waals surface area contributed by atoms with E-state index < -0.39 is 0 Å². The van der Waals surface area contributed by atoms with Gasteiger partial charge in [-0.25, -0.2) is 0 Å². The molecule has 1 saturated heterocycles. The third-order valence-electron chi connectivity index (χ3n) is 3.15. The second-order valence-electron chi connectivity index (χ2n) is 4.71. The maximum absolute atomic E-state index is 11.8. The number of hydrogen-bond donors (Lipinski definition) is 1. The Morgan fingerprint density at radius 3 is 2.57 bits per heavy atom. The molecule has 1 unspecified atom stereocenters. The van der Waals surface area contributed by atoms with Crippen LogP contribution in [0.5, 0.6) is 0 Å². The summed E-state index contributed by atoms with van der Waals surface area (Å²) in [5.74, 6) is 0.192. The number of likely N-dealkylation sites (N-methyl/N-ethyl adjacent to an activating group) is 2. The fourth-order valence-electron chi connectivity index (χ4n) is 2.09. The first-order valence-corrected chi connectivity index (χ1v) is 5.08. The van der Waals surface area contributed by atoms with Crippen LogP contribution in [0.25, 0.3) is 0 Å². The summed E-state index contributed by atoms with van der Waals surface area (Å²) in [6, 6.07) is -0.0475. The highest BCUT2D eigenvalue weighted by molar-refractivity contribution is 5.82. The Hall–Kier alpha value is -0.610. The summed E-state index contributed by atoms with van der Waals surface area (Å²) in [6.45, 7) is 5.65. The van der Waals surface area contributed by atoms with E-state index in [0.717, 1.165) is 13.0 Å². The Labute approximate surface area is 86.0 Å². The van der Waals surface area contributed by atoms with E-state index in [1.807, 2.05) is 14.1 Å². The van der Waals surface area contributed by atoms with E-state index in [0.29, 0.717) is 6.54 Å². The van der Waals surface area contributed by atoms with Gasteiger partial charge in [-0.3, -0.25) is 9.69 Å². The van der Waals surface area contributed by atoms with E-state index >= 15 is 0 Å². The summed E-state index contributed by atoms with van der Waals surface area (Å²) in [6.07, 6.45) is 0.739. The summed E-state index contributed by atoms with van der Waals surface area (Å²) in [7, 11) is 3.87. The average molecular weight is 199 g/mol. The molecule has 1 heterocycles. The van der Waals surface area contributed by atoms with Crippen LogP contribution in [-0.2, 0) is 4.79 Å². The minimum atomic E-state index is -0.0475. The number of amides is 1. The molecule has 0 saturated carbocycles. The Kier molecular flexibility index (Phi) is 3.17. The van der Waals surface area contributed by atoms with Crippen molar-refractivity contribution in [3.05, 3.63) is 0 Å². The van der Waals surface area contributed by atoms with Gasteiger partial charge < -0.3 is 10.6 Å². The van der Waals surface area contributed by atoms with Gasteiger partial charge in [-0.2, -0.15) is 0 Å². The zero-order chi connectivity index (χ0) is 10.9. The van der Waals surface area contributed by atoms with Crippen molar-refractivity contribution in [1.29, 1.82) is 0 Å². The van der Waals surface area contributed by atoms with Crippen molar-refractivity contribution in [2.45, 2.75) is 31.8 Å². The first-order chi connectivity index (χ1) is 6.40. The smallest absolute Gasteiger partial charge is 0.239 e. The van der Waals surface area contributed by atoms with Gasteiger partial charge in [0, 0.05) is 19.1 Å². The molecule has 1 atom stereocenters. The van der Waals surface area contributed by atoms with Crippen molar-refractivity contribution in [1.82, 2.24) is 9.80 Å². The molecular formula is C10H21N3O. The Morgan fingerprint density at radius 1 is 1.50 bits per heavy atom. The predicted octanol–water partition coefficient (Wildman–Crippen LogP) is -0.114. The maximum atomic E-state index is 11.8. The third kappa shape index (κ3) is 1.91. The number of rotatable bonds is 2. The minimum Gasteiger partial charge on any atom is -0.343 e. The summed E-state index contributed by atoms with van der Waals surface area (Å²) >= 11 is 0. The SMILES string of the molecule is CN1CC(C)(C)N(C)C(CCN)C1=O. The second-order valence-corrected chi connectivity index (χ2v) is 4.71. The molecule has 0 aliphatic carbocycles. The fraction of sp³-hybridized carbons (Fsp3) is 0.900. The summed E-state index contributed by atoms with van der Waals surface area (Å²) in [5.41, 5.74) is 5.56. The topological polar surface area (TPSA) is 49.6 Å². The quantitative estimate of drug-likeness (QED) is 0.675. The molecule has 0 aromatic rings. The van der Waals surface area contributed by atoms with Gasteiger partial charge in [0.15, 0.2) is 0 Å². The number of piperazine rings is 1. The van der Waals surface area contributed by atoms with Gasteiger partial charge >= 0.3 is 0 Å². The number of carbonyl (C=O) groups is 1. The van der Waals surface area contributed by atoms with Crippen molar-refractivity contribution in [2.24, 2.45) is 5.73 Å². The molecule has 1 aliphatic heterocycles. The van der Waals surface area contributed by atoms with Crippen molar-refractivity contribution in [3.63, 3.8) is 0 Å². The van der Waals surface area contributed by atoms with Gasteiger partial charge in [-0.15, -0.1) is 0 Å². The molecule has 0 spiro atoms. The van der Waals surface area contributed by atoms with E-state index in [4.69, 9.17) is 5.73 Å². The van der Waals surface area contributed by atoms with E-state index in [9.17, 15) is 4.79 Å². The zero-order valence-corrected chi connectivity index (χ0v) is 9.58. The normalized spacial score (nSPS) is 28.2. The van der Waals surface area contributed by atoms with Gasteiger partial charge in [-0.1, -0.05) is 0 Å². The first-order valence-electron chi connectivity index (χ1n) is 5.08. The van der Waals surface area contributed by atoms with Crippen molar-refractivity contribution in [2.75, 3.05) is 27.2 Å². The van der Waals surface area contributed by atoms with E-state index in [1.165, 1.54) is 0 Å². The van der Waals surface area contributed by atoms with Crippen LogP contribution in [0, 0.1) is 0 Å². The largest absolute Gasteiger partial charge is 0.343 e. The summed E-state index contributed by atoms with van der Waals surface area (Å²) < 4.78 is 0.